The van der Waals surface area contributed by atoms with Gasteiger partial charge >= 0.3 is 6.09 Å². The molecule has 2 aliphatic heterocycles. The molecule has 5 heteroatoms. The van der Waals surface area contributed by atoms with Gasteiger partial charge in [0.15, 0.2) is 0 Å². The van der Waals surface area contributed by atoms with E-state index in [1.54, 1.807) is 11.2 Å². The van der Waals surface area contributed by atoms with Gasteiger partial charge in [0.25, 0.3) is 0 Å². The molecule has 1 amide bonds. The SMILES string of the molecule is CC(C)O/C=C1\CN(C(=O)OC(C)(C)C)CCC(C)C2OC12. The predicted octanol–water partition coefficient (Wildman–Crippen LogP) is 3.34. The van der Waals surface area contributed by atoms with Crippen molar-refractivity contribution in [3.8, 4) is 0 Å². The van der Waals surface area contributed by atoms with E-state index in [0.29, 0.717) is 19.0 Å². The highest BCUT2D eigenvalue weighted by Crippen LogP contribution is 2.38. The molecule has 0 N–H and O–H groups in total. The Balaban J connectivity index is 2.09. The highest BCUT2D eigenvalue weighted by Gasteiger charge is 2.47. The maximum atomic E-state index is 12.4. The van der Waals surface area contributed by atoms with Crippen molar-refractivity contribution in [1.82, 2.24) is 4.90 Å². The van der Waals surface area contributed by atoms with Crippen LogP contribution in [-0.4, -0.2) is 48.0 Å². The van der Waals surface area contributed by atoms with E-state index < -0.39 is 5.60 Å². The zero-order valence-electron chi connectivity index (χ0n) is 14.6. The Morgan fingerprint density at radius 3 is 2.68 bits per heavy atom. The Morgan fingerprint density at radius 2 is 2.09 bits per heavy atom. The largest absolute Gasteiger partial charge is 0.498 e. The summed E-state index contributed by atoms with van der Waals surface area (Å²) in [7, 11) is 0. The Morgan fingerprint density at radius 1 is 1.41 bits per heavy atom. The molecule has 2 heterocycles. The van der Waals surface area contributed by atoms with E-state index >= 15 is 0 Å². The fraction of sp³-hybridized carbons (Fsp3) is 0.824. The average Bonchev–Trinajstić information content (AvgIpc) is 3.13. The molecular weight excluding hydrogens is 282 g/mol. The lowest BCUT2D eigenvalue weighted by molar-refractivity contribution is 0.0251. The van der Waals surface area contributed by atoms with Gasteiger partial charge in [-0.25, -0.2) is 4.79 Å². The van der Waals surface area contributed by atoms with Crippen LogP contribution in [0.2, 0.25) is 0 Å². The summed E-state index contributed by atoms with van der Waals surface area (Å²) in [6, 6.07) is 0. The molecule has 0 aromatic heterocycles. The summed E-state index contributed by atoms with van der Waals surface area (Å²) in [5, 5.41) is 0. The molecule has 22 heavy (non-hydrogen) atoms. The van der Waals surface area contributed by atoms with Gasteiger partial charge in [0.05, 0.1) is 25.0 Å². The number of epoxide rings is 1. The highest BCUT2D eigenvalue weighted by molar-refractivity contribution is 5.68. The summed E-state index contributed by atoms with van der Waals surface area (Å²) in [5.41, 5.74) is 0.540. The van der Waals surface area contributed by atoms with E-state index in [1.807, 2.05) is 34.6 Å². The van der Waals surface area contributed by atoms with Crippen molar-refractivity contribution in [2.24, 2.45) is 5.92 Å². The Labute approximate surface area is 133 Å². The topological polar surface area (TPSA) is 51.3 Å². The number of likely N-dealkylation sites (tertiary alicyclic amines) is 1. The molecule has 0 aromatic carbocycles. The van der Waals surface area contributed by atoms with E-state index in [1.165, 1.54) is 0 Å². The Bertz CT molecular complexity index is 438. The van der Waals surface area contributed by atoms with E-state index in [-0.39, 0.29) is 24.4 Å². The van der Waals surface area contributed by atoms with Crippen molar-refractivity contribution in [3.05, 3.63) is 11.8 Å². The zero-order chi connectivity index (χ0) is 16.5. The van der Waals surface area contributed by atoms with Crippen LogP contribution < -0.4 is 0 Å². The minimum atomic E-state index is -0.484. The van der Waals surface area contributed by atoms with Gasteiger partial charge in [-0.15, -0.1) is 0 Å². The van der Waals surface area contributed by atoms with E-state index in [2.05, 4.69) is 6.92 Å². The van der Waals surface area contributed by atoms with Crippen LogP contribution in [0.3, 0.4) is 0 Å². The third-order valence-corrected chi connectivity index (χ3v) is 3.82. The van der Waals surface area contributed by atoms with Gasteiger partial charge in [-0.05, 0) is 47.0 Å². The second kappa shape index (κ2) is 6.49. The maximum absolute atomic E-state index is 12.4. The molecular formula is C17H29NO4. The third-order valence-electron chi connectivity index (χ3n) is 3.82. The lowest BCUT2D eigenvalue weighted by atomic mass is 9.96. The number of nitrogens with zero attached hydrogens (tertiary/aromatic N) is 1. The first-order chi connectivity index (χ1) is 10.2. The van der Waals surface area contributed by atoms with Crippen molar-refractivity contribution in [3.63, 3.8) is 0 Å². The van der Waals surface area contributed by atoms with Gasteiger partial charge in [-0.1, -0.05) is 6.92 Å². The summed E-state index contributed by atoms with van der Waals surface area (Å²) in [6.45, 7) is 13.0. The minimum Gasteiger partial charge on any atom is -0.498 e. The Hall–Kier alpha value is -1.23. The molecule has 0 bridgehead atoms. The summed E-state index contributed by atoms with van der Waals surface area (Å²) in [5.74, 6) is 0.428. The van der Waals surface area contributed by atoms with Crippen LogP contribution in [0.5, 0.6) is 0 Å². The van der Waals surface area contributed by atoms with Gasteiger partial charge in [-0.2, -0.15) is 0 Å². The van der Waals surface area contributed by atoms with Crippen molar-refractivity contribution in [2.45, 2.75) is 71.9 Å². The Kier molecular flexibility index (Phi) is 5.05. The molecule has 0 saturated carbocycles. The highest BCUT2D eigenvalue weighted by atomic mass is 16.6. The number of carbonyl (C=O) groups excluding carboxylic acids is 1. The van der Waals surface area contributed by atoms with Crippen LogP contribution in [0.25, 0.3) is 0 Å². The van der Waals surface area contributed by atoms with Crippen LogP contribution in [0.15, 0.2) is 11.8 Å². The average molecular weight is 311 g/mol. The van der Waals surface area contributed by atoms with Gasteiger partial charge in [0.2, 0.25) is 0 Å². The first kappa shape index (κ1) is 17.1. The van der Waals surface area contributed by atoms with Crippen LogP contribution in [0.1, 0.15) is 48.0 Å². The predicted molar refractivity (Wildman–Crippen MR) is 84.6 cm³/mol. The number of fused-ring (bicyclic) bond motifs is 1. The quantitative estimate of drug-likeness (QED) is 0.580. The molecule has 0 aliphatic carbocycles. The number of rotatable bonds is 2. The smallest absolute Gasteiger partial charge is 0.410 e. The van der Waals surface area contributed by atoms with Crippen molar-refractivity contribution >= 4 is 6.09 Å². The van der Waals surface area contributed by atoms with E-state index in [0.717, 1.165) is 12.0 Å². The first-order valence-electron chi connectivity index (χ1n) is 8.15. The van der Waals surface area contributed by atoms with Crippen LogP contribution >= 0.6 is 0 Å². The lowest BCUT2D eigenvalue weighted by Gasteiger charge is -2.29. The molecule has 0 radical (unpaired) electrons. The molecule has 3 unspecified atom stereocenters. The van der Waals surface area contributed by atoms with Crippen LogP contribution in [-0.2, 0) is 14.2 Å². The molecule has 2 rings (SSSR count). The van der Waals surface area contributed by atoms with Gasteiger partial charge in [0.1, 0.15) is 11.7 Å². The maximum Gasteiger partial charge on any atom is 0.410 e. The second-order valence-electron chi connectivity index (χ2n) is 7.57. The standard InChI is InChI=1S/C17H29NO4/c1-11(2)20-10-13-9-18(16(19)22-17(4,5)6)8-7-12(3)14-15(13)21-14/h10-12,14-15H,7-9H2,1-6H3/b13-10+. The first-order valence-corrected chi connectivity index (χ1v) is 8.15. The number of amides is 1. The summed E-state index contributed by atoms with van der Waals surface area (Å²) >= 11 is 0. The number of carbonyl (C=O) groups is 1. The monoisotopic (exact) mass is 311 g/mol. The molecule has 0 spiro atoms. The van der Waals surface area contributed by atoms with Gasteiger partial charge in [0, 0.05) is 12.1 Å². The third kappa shape index (κ3) is 4.63. The number of hydrogen-bond donors (Lipinski definition) is 0. The fourth-order valence-corrected chi connectivity index (χ4v) is 2.58. The van der Waals surface area contributed by atoms with Crippen molar-refractivity contribution in [2.75, 3.05) is 13.1 Å². The number of ether oxygens (including phenoxy) is 3. The van der Waals surface area contributed by atoms with Crippen LogP contribution in [0, 0.1) is 5.92 Å². The summed E-state index contributed by atoms with van der Waals surface area (Å²) in [6.07, 6.45) is 2.89. The zero-order valence-corrected chi connectivity index (χ0v) is 14.6. The molecule has 0 aromatic rings. The van der Waals surface area contributed by atoms with Crippen molar-refractivity contribution < 1.29 is 19.0 Å². The van der Waals surface area contributed by atoms with E-state index in [4.69, 9.17) is 14.2 Å². The molecule has 5 nitrogen and oxygen atoms in total. The molecule has 2 aliphatic rings. The lowest BCUT2D eigenvalue weighted by Crippen LogP contribution is -2.41. The van der Waals surface area contributed by atoms with E-state index in [9.17, 15) is 4.79 Å². The normalized spacial score (nSPS) is 30.6. The fourth-order valence-electron chi connectivity index (χ4n) is 2.58. The summed E-state index contributed by atoms with van der Waals surface area (Å²) < 4.78 is 16.9. The number of hydrogen-bond acceptors (Lipinski definition) is 4. The molecule has 126 valence electrons. The molecule has 3 atom stereocenters. The molecule has 2 saturated heterocycles. The second-order valence-corrected chi connectivity index (χ2v) is 7.57. The minimum absolute atomic E-state index is 0.0824. The van der Waals surface area contributed by atoms with Gasteiger partial charge in [-0.3, -0.25) is 0 Å². The molecule has 2 fully saturated rings. The van der Waals surface area contributed by atoms with Gasteiger partial charge < -0.3 is 19.1 Å². The van der Waals surface area contributed by atoms with Crippen molar-refractivity contribution in [1.29, 1.82) is 0 Å². The van der Waals surface area contributed by atoms with Crippen LogP contribution in [0.4, 0.5) is 4.79 Å². The summed E-state index contributed by atoms with van der Waals surface area (Å²) in [4.78, 5) is 14.1.